The van der Waals surface area contributed by atoms with Gasteiger partial charge in [-0.1, -0.05) is 36.0 Å². The summed E-state index contributed by atoms with van der Waals surface area (Å²) in [5.41, 5.74) is 2.94. The summed E-state index contributed by atoms with van der Waals surface area (Å²) >= 11 is 0.958. The van der Waals surface area contributed by atoms with Crippen LogP contribution in [0.5, 0.6) is 11.5 Å². The van der Waals surface area contributed by atoms with Crippen LogP contribution in [0, 0.1) is 0 Å². The van der Waals surface area contributed by atoms with Crippen LogP contribution in [0.4, 0.5) is 4.79 Å². The van der Waals surface area contributed by atoms with E-state index in [1.807, 2.05) is 30.3 Å². The lowest BCUT2D eigenvalue weighted by Crippen LogP contribution is -2.11. The van der Waals surface area contributed by atoms with Crippen molar-refractivity contribution in [3.63, 3.8) is 0 Å². The predicted octanol–water partition coefficient (Wildman–Crippen LogP) is 4.23. The van der Waals surface area contributed by atoms with Crippen LogP contribution in [0.2, 0.25) is 0 Å². The second-order valence-electron chi connectivity index (χ2n) is 5.21. The van der Waals surface area contributed by atoms with Gasteiger partial charge in [0.2, 0.25) is 0 Å². The van der Waals surface area contributed by atoms with Crippen molar-refractivity contribution in [2.45, 2.75) is 19.3 Å². The normalized spacial score (nSPS) is 11.7. The van der Waals surface area contributed by atoms with E-state index in [9.17, 15) is 9.59 Å². The average molecular weight is 343 g/mol. The smallest absolute Gasteiger partial charge is 0.279 e. The zero-order chi connectivity index (χ0) is 17.2. The zero-order valence-electron chi connectivity index (χ0n) is 13.7. The Morgan fingerprint density at radius 1 is 1.12 bits per heavy atom. The van der Waals surface area contributed by atoms with Gasteiger partial charge in [0.1, 0.15) is 17.8 Å². The molecule has 0 bridgehead atoms. The fourth-order valence-corrected chi connectivity index (χ4v) is 2.78. The number of ether oxygens (including phenoxy) is 1. The Bertz CT molecular complexity index is 674. The van der Waals surface area contributed by atoms with Crippen LogP contribution in [0.1, 0.15) is 17.5 Å². The van der Waals surface area contributed by atoms with Gasteiger partial charge in [-0.05, 0) is 54.7 Å². The first kappa shape index (κ1) is 18.1. The van der Waals surface area contributed by atoms with Crippen molar-refractivity contribution in [3.8, 4) is 11.5 Å². The fourth-order valence-electron chi connectivity index (χ4n) is 2.42. The summed E-state index contributed by atoms with van der Waals surface area (Å²) in [5.74, 6) is 2.09. The molecule has 0 atom stereocenters. The molecular formula is C19H21NO3S. The molecule has 1 amide bonds. The molecule has 1 aliphatic carbocycles. The molecule has 0 aliphatic heterocycles. The molecule has 1 aliphatic rings. The molecule has 0 fully saturated rings. The minimum Gasteiger partial charge on any atom is -0.457 e. The molecule has 2 aromatic carbocycles. The van der Waals surface area contributed by atoms with Gasteiger partial charge in [0, 0.05) is 7.05 Å². The highest BCUT2D eigenvalue weighted by Gasteiger charge is 2.11. The van der Waals surface area contributed by atoms with Gasteiger partial charge in [-0.3, -0.25) is 4.79 Å². The molecule has 24 heavy (non-hydrogen) atoms. The third-order valence-corrected chi connectivity index (χ3v) is 4.30. The van der Waals surface area contributed by atoms with E-state index in [2.05, 4.69) is 23.5 Å². The maximum absolute atomic E-state index is 10.3. The van der Waals surface area contributed by atoms with Crippen LogP contribution < -0.4 is 10.1 Å². The van der Waals surface area contributed by atoms with E-state index in [1.54, 1.807) is 0 Å². The van der Waals surface area contributed by atoms with E-state index >= 15 is 0 Å². The van der Waals surface area contributed by atoms with Crippen LogP contribution in [-0.2, 0) is 17.6 Å². The number of carbonyl (C=O) groups excluding carboxylic acids is 2. The van der Waals surface area contributed by atoms with Crippen molar-refractivity contribution in [1.29, 1.82) is 0 Å². The Balaban J connectivity index is 0.000000224. The highest BCUT2D eigenvalue weighted by molar-refractivity contribution is 8.14. The average Bonchev–Trinajstić information content (AvgIpc) is 3.09. The summed E-state index contributed by atoms with van der Waals surface area (Å²) in [7, 11) is 1.53. The molecule has 4 nitrogen and oxygen atoms in total. The van der Waals surface area contributed by atoms with Gasteiger partial charge in [-0.25, -0.2) is 0 Å². The predicted molar refractivity (Wildman–Crippen MR) is 98.0 cm³/mol. The first-order valence-corrected chi connectivity index (χ1v) is 8.84. The molecular weight excluding hydrogens is 322 g/mol. The first-order valence-electron chi connectivity index (χ1n) is 7.85. The number of nitrogens with one attached hydrogen (secondary N) is 1. The number of rotatable bonds is 4. The minimum atomic E-state index is -0.169. The van der Waals surface area contributed by atoms with Crippen molar-refractivity contribution < 1.29 is 14.3 Å². The summed E-state index contributed by atoms with van der Waals surface area (Å²) in [5, 5.41) is 2.20. The molecule has 5 heteroatoms. The SMILES string of the molecule is CNC(=O)SCC=O.c1ccc(Oc2ccc3c(c2)CCC3)cc1. The van der Waals surface area contributed by atoms with Crippen molar-refractivity contribution in [2.24, 2.45) is 0 Å². The first-order chi connectivity index (χ1) is 11.7. The highest BCUT2D eigenvalue weighted by atomic mass is 32.2. The number of carbonyl (C=O) groups is 2. The molecule has 0 spiro atoms. The highest BCUT2D eigenvalue weighted by Crippen LogP contribution is 2.28. The fraction of sp³-hybridized carbons (Fsp3) is 0.263. The number of benzene rings is 2. The van der Waals surface area contributed by atoms with Gasteiger partial charge in [-0.2, -0.15) is 0 Å². The summed E-state index contributed by atoms with van der Waals surface area (Å²) in [6, 6.07) is 16.4. The number of thioether (sulfide) groups is 1. The van der Waals surface area contributed by atoms with Crippen molar-refractivity contribution in [2.75, 3.05) is 12.8 Å². The molecule has 126 valence electrons. The molecule has 0 saturated carbocycles. The Morgan fingerprint density at radius 3 is 2.58 bits per heavy atom. The van der Waals surface area contributed by atoms with Crippen LogP contribution in [0.15, 0.2) is 48.5 Å². The number of amides is 1. The zero-order valence-corrected chi connectivity index (χ0v) is 14.5. The molecule has 0 heterocycles. The maximum Gasteiger partial charge on any atom is 0.279 e. The minimum absolute atomic E-state index is 0.169. The molecule has 1 N–H and O–H groups in total. The molecule has 0 saturated heterocycles. The largest absolute Gasteiger partial charge is 0.457 e. The Hall–Kier alpha value is -2.27. The topological polar surface area (TPSA) is 55.4 Å². The maximum atomic E-state index is 10.3. The summed E-state index contributed by atoms with van der Waals surface area (Å²) < 4.78 is 5.80. The van der Waals surface area contributed by atoms with Crippen LogP contribution >= 0.6 is 11.8 Å². The lowest BCUT2D eigenvalue weighted by Gasteiger charge is -2.07. The summed E-state index contributed by atoms with van der Waals surface area (Å²) in [4.78, 5) is 19.9. The molecule has 2 aromatic rings. The Morgan fingerprint density at radius 2 is 1.88 bits per heavy atom. The van der Waals surface area contributed by atoms with Crippen LogP contribution in [0.25, 0.3) is 0 Å². The monoisotopic (exact) mass is 343 g/mol. The van der Waals surface area contributed by atoms with Crippen LogP contribution in [0.3, 0.4) is 0 Å². The number of hydrogen-bond donors (Lipinski definition) is 1. The number of hydrogen-bond acceptors (Lipinski definition) is 4. The third-order valence-electron chi connectivity index (χ3n) is 3.54. The van der Waals surface area contributed by atoms with Crippen molar-refractivity contribution >= 4 is 23.3 Å². The van der Waals surface area contributed by atoms with E-state index in [0.29, 0.717) is 6.29 Å². The molecule has 0 unspecified atom stereocenters. The van der Waals surface area contributed by atoms with E-state index in [0.717, 1.165) is 23.3 Å². The second kappa shape index (κ2) is 9.78. The number of para-hydroxylation sites is 1. The van der Waals surface area contributed by atoms with Gasteiger partial charge < -0.3 is 14.8 Å². The summed E-state index contributed by atoms with van der Waals surface area (Å²) in [6.07, 6.45) is 4.40. The third kappa shape index (κ3) is 5.74. The van der Waals surface area contributed by atoms with Gasteiger partial charge in [0.25, 0.3) is 5.24 Å². The quantitative estimate of drug-likeness (QED) is 0.844. The van der Waals surface area contributed by atoms with E-state index < -0.39 is 0 Å². The van der Waals surface area contributed by atoms with Crippen LogP contribution in [-0.4, -0.2) is 24.3 Å². The van der Waals surface area contributed by atoms with Gasteiger partial charge in [-0.15, -0.1) is 0 Å². The molecule has 0 aromatic heterocycles. The summed E-state index contributed by atoms with van der Waals surface area (Å²) in [6.45, 7) is 0. The second-order valence-corrected chi connectivity index (χ2v) is 6.21. The van der Waals surface area contributed by atoms with Gasteiger partial charge in [0.15, 0.2) is 0 Å². The number of fused-ring (bicyclic) bond motifs is 1. The lowest BCUT2D eigenvalue weighted by atomic mass is 10.1. The van der Waals surface area contributed by atoms with Gasteiger partial charge in [0.05, 0.1) is 5.75 Å². The lowest BCUT2D eigenvalue weighted by molar-refractivity contribution is -0.105. The number of aryl methyl sites for hydroxylation is 2. The van der Waals surface area contributed by atoms with Crippen molar-refractivity contribution in [1.82, 2.24) is 5.32 Å². The van der Waals surface area contributed by atoms with Gasteiger partial charge >= 0.3 is 0 Å². The van der Waals surface area contributed by atoms with E-state index in [-0.39, 0.29) is 11.0 Å². The number of aldehydes is 1. The van der Waals surface area contributed by atoms with E-state index in [4.69, 9.17) is 4.74 Å². The Labute approximate surface area is 146 Å². The molecule has 0 radical (unpaired) electrons. The van der Waals surface area contributed by atoms with E-state index in [1.165, 1.54) is 37.4 Å². The molecule has 3 rings (SSSR count). The standard InChI is InChI=1S/C15H14O.C4H7NO2S/c1-2-7-14(8-3-1)16-15-10-9-12-5-4-6-13(12)11-15;1-5-4(7)8-3-2-6/h1-3,7-11H,4-6H2;2H,3H2,1H3,(H,5,7). The Kier molecular flexibility index (Phi) is 7.36. The van der Waals surface area contributed by atoms with Crippen molar-refractivity contribution in [3.05, 3.63) is 59.7 Å².